The molecule has 2 rings (SSSR count). The van der Waals surface area contributed by atoms with E-state index in [1.807, 2.05) is 6.07 Å². The Labute approximate surface area is 106 Å². The van der Waals surface area contributed by atoms with E-state index in [2.05, 4.69) is 81.0 Å². The maximum Gasteiger partial charge on any atom is 0.0264 e. The smallest absolute Gasteiger partial charge is 0.0264 e. The molecule has 0 N–H and O–H groups in total. The SMILES string of the molecule is Brc1cccc(I)c1-c1ccccc1. The zero-order valence-corrected chi connectivity index (χ0v) is 11.1. The average molecular weight is 359 g/mol. The van der Waals surface area contributed by atoms with E-state index in [0.29, 0.717) is 0 Å². The van der Waals surface area contributed by atoms with Crippen LogP contribution < -0.4 is 0 Å². The van der Waals surface area contributed by atoms with Crippen molar-refractivity contribution in [2.24, 2.45) is 0 Å². The molecule has 0 spiro atoms. The van der Waals surface area contributed by atoms with Crippen molar-refractivity contribution in [3.8, 4) is 11.1 Å². The molecule has 2 heteroatoms. The van der Waals surface area contributed by atoms with Crippen LogP contribution in [0.2, 0.25) is 0 Å². The van der Waals surface area contributed by atoms with Gasteiger partial charge >= 0.3 is 0 Å². The van der Waals surface area contributed by atoms with Gasteiger partial charge in [-0.25, -0.2) is 0 Å². The summed E-state index contributed by atoms with van der Waals surface area (Å²) in [5.41, 5.74) is 2.53. The molecule has 0 aliphatic carbocycles. The fraction of sp³-hybridized carbons (Fsp3) is 0. The molecular formula is C12H8BrI. The zero-order chi connectivity index (χ0) is 9.97. The molecule has 0 saturated heterocycles. The van der Waals surface area contributed by atoms with E-state index < -0.39 is 0 Å². The lowest BCUT2D eigenvalue weighted by atomic mass is 10.1. The Hall–Kier alpha value is -0.350. The van der Waals surface area contributed by atoms with Gasteiger partial charge in [0, 0.05) is 13.6 Å². The summed E-state index contributed by atoms with van der Waals surface area (Å²) in [6.07, 6.45) is 0. The Kier molecular flexibility index (Phi) is 3.23. The number of halogens is 2. The van der Waals surface area contributed by atoms with Crippen LogP contribution in [0.3, 0.4) is 0 Å². The van der Waals surface area contributed by atoms with Crippen LogP contribution in [0.5, 0.6) is 0 Å². The molecule has 70 valence electrons. The normalized spacial score (nSPS) is 10.1. The van der Waals surface area contributed by atoms with E-state index in [1.165, 1.54) is 14.7 Å². The van der Waals surface area contributed by atoms with E-state index in [1.54, 1.807) is 0 Å². The Morgan fingerprint density at radius 2 is 1.57 bits per heavy atom. The largest absolute Gasteiger partial charge is 0.0622 e. The predicted octanol–water partition coefficient (Wildman–Crippen LogP) is 4.72. The van der Waals surface area contributed by atoms with Crippen LogP contribution in [0.4, 0.5) is 0 Å². The van der Waals surface area contributed by atoms with Gasteiger partial charge in [-0.15, -0.1) is 0 Å². The van der Waals surface area contributed by atoms with Gasteiger partial charge in [-0.3, -0.25) is 0 Å². The summed E-state index contributed by atoms with van der Waals surface area (Å²) in [6.45, 7) is 0. The van der Waals surface area contributed by atoms with Crippen molar-refractivity contribution in [1.29, 1.82) is 0 Å². The van der Waals surface area contributed by atoms with Gasteiger partial charge in [0.05, 0.1) is 0 Å². The minimum absolute atomic E-state index is 1.15. The van der Waals surface area contributed by atoms with Crippen molar-refractivity contribution in [3.05, 3.63) is 56.6 Å². The molecule has 0 bridgehead atoms. The minimum Gasteiger partial charge on any atom is -0.0622 e. The summed E-state index contributed by atoms with van der Waals surface area (Å²) in [5.74, 6) is 0. The molecule has 14 heavy (non-hydrogen) atoms. The molecule has 0 fully saturated rings. The van der Waals surface area contributed by atoms with Crippen LogP contribution in [0.15, 0.2) is 53.0 Å². The topological polar surface area (TPSA) is 0 Å². The van der Waals surface area contributed by atoms with Crippen molar-refractivity contribution in [1.82, 2.24) is 0 Å². The van der Waals surface area contributed by atoms with E-state index in [0.717, 1.165) is 4.47 Å². The lowest BCUT2D eigenvalue weighted by Gasteiger charge is -2.06. The first-order chi connectivity index (χ1) is 6.79. The van der Waals surface area contributed by atoms with Crippen molar-refractivity contribution in [3.63, 3.8) is 0 Å². The maximum atomic E-state index is 3.58. The molecule has 0 unspecified atom stereocenters. The first-order valence-corrected chi connectivity index (χ1v) is 6.15. The number of benzene rings is 2. The summed E-state index contributed by atoms with van der Waals surface area (Å²) >= 11 is 5.94. The molecule has 0 aliphatic heterocycles. The van der Waals surface area contributed by atoms with E-state index >= 15 is 0 Å². The summed E-state index contributed by atoms with van der Waals surface area (Å²) in [4.78, 5) is 0. The van der Waals surface area contributed by atoms with Crippen LogP contribution in [0, 0.1) is 3.57 Å². The van der Waals surface area contributed by atoms with Crippen molar-refractivity contribution >= 4 is 38.5 Å². The molecule has 0 amide bonds. The summed E-state index contributed by atoms with van der Waals surface area (Å²) in [7, 11) is 0. The predicted molar refractivity (Wildman–Crippen MR) is 72.3 cm³/mol. The van der Waals surface area contributed by atoms with Gasteiger partial charge in [0.25, 0.3) is 0 Å². The van der Waals surface area contributed by atoms with Crippen molar-refractivity contribution < 1.29 is 0 Å². The van der Waals surface area contributed by atoms with Gasteiger partial charge in [0.15, 0.2) is 0 Å². The fourth-order valence-corrected chi connectivity index (χ4v) is 3.15. The van der Waals surface area contributed by atoms with Gasteiger partial charge < -0.3 is 0 Å². The van der Waals surface area contributed by atoms with Gasteiger partial charge in [0.1, 0.15) is 0 Å². The number of hydrogen-bond donors (Lipinski definition) is 0. The van der Waals surface area contributed by atoms with E-state index in [4.69, 9.17) is 0 Å². The molecule has 0 aliphatic rings. The van der Waals surface area contributed by atoms with E-state index in [-0.39, 0.29) is 0 Å². The highest BCUT2D eigenvalue weighted by Crippen LogP contribution is 2.32. The zero-order valence-electron chi connectivity index (χ0n) is 7.37. The summed E-state index contributed by atoms with van der Waals surface area (Å²) < 4.78 is 2.42. The fourth-order valence-electron chi connectivity index (χ4n) is 1.38. The molecule has 0 atom stereocenters. The second kappa shape index (κ2) is 4.45. The third kappa shape index (κ3) is 2.01. The summed E-state index contributed by atoms with van der Waals surface area (Å²) in [6, 6.07) is 16.7. The Morgan fingerprint density at radius 3 is 2.21 bits per heavy atom. The van der Waals surface area contributed by atoms with Gasteiger partial charge in [0.2, 0.25) is 0 Å². The number of hydrogen-bond acceptors (Lipinski definition) is 0. The molecule has 0 heterocycles. The van der Waals surface area contributed by atoms with Gasteiger partial charge in [-0.1, -0.05) is 52.3 Å². The quantitative estimate of drug-likeness (QED) is 0.647. The molecule has 2 aromatic carbocycles. The maximum absolute atomic E-state index is 3.58. The summed E-state index contributed by atoms with van der Waals surface area (Å²) in [5, 5.41) is 0. The Bertz CT molecular complexity index is 417. The molecular weight excluding hydrogens is 351 g/mol. The van der Waals surface area contributed by atoms with Gasteiger partial charge in [-0.2, -0.15) is 0 Å². The third-order valence-corrected chi connectivity index (χ3v) is 3.59. The van der Waals surface area contributed by atoms with Gasteiger partial charge in [-0.05, 0) is 40.3 Å². The van der Waals surface area contributed by atoms with E-state index in [9.17, 15) is 0 Å². The lowest BCUT2D eigenvalue weighted by molar-refractivity contribution is 1.55. The van der Waals surface area contributed by atoms with Crippen molar-refractivity contribution in [2.75, 3.05) is 0 Å². The van der Waals surface area contributed by atoms with Crippen LogP contribution in [0.1, 0.15) is 0 Å². The first-order valence-electron chi connectivity index (χ1n) is 4.28. The Morgan fingerprint density at radius 1 is 0.857 bits per heavy atom. The molecule has 0 nitrogen and oxygen atoms in total. The van der Waals surface area contributed by atoms with Crippen LogP contribution >= 0.6 is 38.5 Å². The van der Waals surface area contributed by atoms with Crippen molar-refractivity contribution in [2.45, 2.75) is 0 Å². The lowest BCUT2D eigenvalue weighted by Crippen LogP contribution is -1.83. The number of rotatable bonds is 1. The van der Waals surface area contributed by atoms with Crippen LogP contribution in [-0.2, 0) is 0 Å². The monoisotopic (exact) mass is 358 g/mol. The first kappa shape index (κ1) is 10.2. The molecule has 0 radical (unpaired) electrons. The highest BCUT2D eigenvalue weighted by Gasteiger charge is 2.05. The molecule has 0 saturated carbocycles. The standard InChI is InChI=1S/C12H8BrI/c13-10-7-4-8-11(14)12(10)9-5-2-1-3-6-9/h1-8H. The third-order valence-electron chi connectivity index (χ3n) is 2.03. The van der Waals surface area contributed by atoms with Crippen LogP contribution in [-0.4, -0.2) is 0 Å². The minimum atomic E-state index is 1.15. The van der Waals surface area contributed by atoms with Crippen LogP contribution in [0.25, 0.3) is 11.1 Å². The average Bonchev–Trinajstić information content (AvgIpc) is 2.19. The highest BCUT2D eigenvalue weighted by atomic mass is 127. The Balaban J connectivity index is 2.63. The highest BCUT2D eigenvalue weighted by molar-refractivity contribution is 14.1. The second-order valence-corrected chi connectivity index (χ2v) is 4.98. The molecule has 0 aromatic heterocycles. The molecule has 2 aromatic rings. The second-order valence-electron chi connectivity index (χ2n) is 2.96.